The number of aryl methyl sites for hydroxylation is 1. The van der Waals surface area contributed by atoms with Gasteiger partial charge in [-0.15, -0.1) is 0 Å². The van der Waals surface area contributed by atoms with Gasteiger partial charge < -0.3 is 10.2 Å². The van der Waals surface area contributed by atoms with E-state index in [0.29, 0.717) is 17.8 Å². The molecule has 1 aliphatic rings. The minimum atomic E-state index is -3.76. The van der Waals surface area contributed by atoms with E-state index in [-0.39, 0.29) is 10.8 Å². The lowest BCUT2D eigenvalue weighted by atomic mass is 10.1. The van der Waals surface area contributed by atoms with Gasteiger partial charge in [0, 0.05) is 19.2 Å². The van der Waals surface area contributed by atoms with Crippen molar-refractivity contribution < 1.29 is 13.2 Å². The molecule has 0 aliphatic carbocycles. The van der Waals surface area contributed by atoms with E-state index in [4.69, 9.17) is 0 Å². The van der Waals surface area contributed by atoms with Crippen molar-refractivity contribution in [2.24, 2.45) is 0 Å². The van der Waals surface area contributed by atoms with Crippen LogP contribution in [0.4, 0.5) is 5.69 Å². The number of nitrogens with zero attached hydrogens (tertiary/aromatic N) is 2. The Hall–Kier alpha value is -2.38. The second-order valence-corrected chi connectivity index (χ2v) is 9.77. The largest absolute Gasteiger partial charge is 0.352 e. The lowest BCUT2D eigenvalue weighted by Crippen LogP contribution is -2.33. The second kappa shape index (κ2) is 10.1. The third-order valence-corrected chi connectivity index (χ3v) is 7.36. The molecule has 7 heteroatoms. The number of carbonyl (C=O) groups excluding carboxylic acids is 1. The number of carbonyl (C=O) groups is 1. The van der Waals surface area contributed by atoms with Gasteiger partial charge in [-0.1, -0.05) is 30.7 Å². The van der Waals surface area contributed by atoms with Gasteiger partial charge in [-0.05, 0) is 75.6 Å². The molecule has 2 aromatic rings. The van der Waals surface area contributed by atoms with Gasteiger partial charge in [-0.3, -0.25) is 9.10 Å². The molecule has 1 saturated heterocycles. The Labute approximate surface area is 179 Å². The van der Waals surface area contributed by atoms with Crippen LogP contribution in [-0.4, -0.2) is 52.5 Å². The molecule has 0 atom stereocenters. The Morgan fingerprint density at radius 2 is 1.80 bits per heavy atom. The molecule has 1 aliphatic heterocycles. The van der Waals surface area contributed by atoms with Crippen LogP contribution in [0.15, 0.2) is 53.4 Å². The summed E-state index contributed by atoms with van der Waals surface area (Å²) in [6.07, 6.45) is 4.71. The number of rotatable bonds is 8. The number of likely N-dealkylation sites (tertiary alicyclic amines) is 1. The summed E-state index contributed by atoms with van der Waals surface area (Å²) in [4.78, 5) is 15.1. The predicted molar refractivity (Wildman–Crippen MR) is 120 cm³/mol. The summed E-state index contributed by atoms with van der Waals surface area (Å²) < 4.78 is 27.4. The highest BCUT2D eigenvalue weighted by Gasteiger charge is 2.23. The maximum Gasteiger partial charge on any atom is 0.264 e. The molecule has 0 saturated carbocycles. The first-order chi connectivity index (χ1) is 14.4. The molecule has 0 radical (unpaired) electrons. The van der Waals surface area contributed by atoms with E-state index in [9.17, 15) is 13.2 Å². The first kappa shape index (κ1) is 22.3. The summed E-state index contributed by atoms with van der Waals surface area (Å²) in [5.74, 6) is -0.246. The lowest BCUT2D eigenvalue weighted by Gasteiger charge is -2.26. The molecule has 3 rings (SSSR count). The Morgan fingerprint density at radius 1 is 1.07 bits per heavy atom. The highest BCUT2D eigenvalue weighted by atomic mass is 32.2. The van der Waals surface area contributed by atoms with Crippen molar-refractivity contribution in [1.82, 2.24) is 10.2 Å². The molecule has 162 valence electrons. The fourth-order valence-corrected chi connectivity index (χ4v) is 5.10. The highest BCUT2D eigenvalue weighted by molar-refractivity contribution is 7.92. The molecule has 2 aromatic carbocycles. The quantitative estimate of drug-likeness (QED) is 0.653. The lowest BCUT2D eigenvalue weighted by molar-refractivity contribution is 0.0951. The molecule has 1 N–H and O–H groups in total. The Bertz CT molecular complexity index is 969. The van der Waals surface area contributed by atoms with Crippen LogP contribution in [0.25, 0.3) is 0 Å². The topological polar surface area (TPSA) is 69.7 Å². The zero-order valence-corrected chi connectivity index (χ0v) is 18.6. The number of benzene rings is 2. The number of hydrogen-bond donors (Lipinski definition) is 1. The summed E-state index contributed by atoms with van der Waals surface area (Å²) in [5, 5.41) is 2.91. The summed E-state index contributed by atoms with van der Waals surface area (Å²) in [6.45, 7) is 5.71. The zero-order chi connectivity index (χ0) is 21.6. The van der Waals surface area contributed by atoms with Crippen molar-refractivity contribution in [2.75, 3.05) is 37.5 Å². The van der Waals surface area contributed by atoms with Gasteiger partial charge >= 0.3 is 0 Å². The Balaban J connectivity index is 1.63. The van der Waals surface area contributed by atoms with E-state index in [2.05, 4.69) is 10.2 Å². The van der Waals surface area contributed by atoms with Gasteiger partial charge in [0.15, 0.2) is 0 Å². The standard InChI is InChI=1S/C23H31N3O3S/c1-19-10-4-5-13-22(19)25(2)30(28,29)21-12-8-11-20(18-21)23(27)24-14-9-17-26-15-6-3-7-16-26/h4-5,8,10-13,18H,3,6-7,9,14-17H2,1-2H3,(H,24,27). The summed E-state index contributed by atoms with van der Waals surface area (Å²) >= 11 is 0. The van der Waals surface area contributed by atoms with Crippen LogP contribution in [-0.2, 0) is 10.0 Å². The van der Waals surface area contributed by atoms with E-state index in [0.717, 1.165) is 31.6 Å². The smallest absolute Gasteiger partial charge is 0.264 e. The van der Waals surface area contributed by atoms with Crippen LogP contribution < -0.4 is 9.62 Å². The number of sulfonamides is 1. The van der Waals surface area contributed by atoms with Gasteiger partial charge in [0.05, 0.1) is 10.6 Å². The number of amides is 1. The van der Waals surface area contributed by atoms with Crippen LogP contribution in [0.1, 0.15) is 41.6 Å². The highest BCUT2D eigenvalue weighted by Crippen LogP contribution is 2.25. The number of hydrogen-bond acceptors (Lipinski definition) is 4. The summed E-state index contributed by atoms with van der Waals surface area (Å²) in [6, 6.07) is 13.5. The molecular formula is C23H31N3O3S. The van der Waals surface area contributed by atoms with Crippen LogP contribution >= 0.6 is 0 Å². The second-order valence-electron chi connectivity index (χ2n) is 7.80. The van der Waals surface area contributed by atoms with Gasteiger partial charge in [0.1, 0.15) is 0 Å². The van der Waals surface area contributed by atoms with Gasteiger partial charge in [-0.25, -0.2) is 8.42 Å². The van der Waals surface area contributed by atoms with Crippen LogP contribution in [0, 0.1) is 6.92 Å². The van der Waals surface area contributed by atoms with E-state index in [1.165, 1.54) is 42.7 Å². The SMILES string of the molecule is Cc1ccccc1N(C)S(=O)(=O)c1cccc(C(=O)NCCCN2CCCCC2)c1. The third-order valence-electron chi connectivity index (χ3n) is 5.59. The minimum absolute atomic E-state index is 0.106. The molecule has 1 fully saturated rings. The van der Waals surface area contributed by atoms with Crippen LogP contribution in [0.3, 0.4) is 0 Å². The van der Waals surface area contributed by atoms with Gasteiger partial charge in [0.25, 0.3) is 15.9 Å². The first-order valence-corrected chi connectivity index (χ1v) is 12.0. The van der Waals surface area contributed by atoms with Crippen molar-refractivity contribution in [3.63, 3.8) is 0 Å². The van der Waals surface area contributed by atoms with Gasteiger partial charge in [0.2, 0.25) is 0 Å². The average molecular weight is 430 g/mol. The maximum atomic E-state index is 13.1. The maximum absolute atomic E-state index is 13.1. The minimum Gasteiger partial charge on any atom is -0.352 e. The van der Waals surface area contributed by atoms with E-state index in [1.807, 2.05) is 25.1 Å². The summed E-state index contributed by atoms with van der Waals surface area (Å²) in [7, 11) is -2.23. The number of piperidine rings is 1. The van der Waals surface area contributed by atoms with E-state index >= 15 is 0 Å². The molecule has 0 aromatic heterocycles. The molecule has 0 unspecified atom stereocenters. The monoisotopic (exact) mass is 429 g/mol. The third kappa shape index (κ3) is 5.40. The van der Waals surface area contributed by atoms with Crippen molar-refractivity contribution >= 4 is 21.6 Å². The molecule has 0 bridgehead atoms. The normalized spacial score (nSPS) is 15.0. The molecular weight excluding hydrogens is 398 g/mol. The van der Waals surface area contributed by atoms with Gasteiger partial charge in [-0.2, -0.15) is 0 Å². The molecule has 0 spiro atoms. The van der Waals surface area contributed by atoms with Crippen molar-refractivity contribution in [1.29, 1.82) is 0 Å². The number of anilines is 1. The Kier molecular flexibility index (Phi) is 7.50. The van der Waals surface area contributed by atoms with Crippen molar-refractivity contribution in [3.05, 3.63) is 59.7 Å². The van der Waals surface area contributed by atoms with Crippen molar-refractivity contribution in [2.45, 2.75) is 37.5 Å². The molecule has 6 nitrogen and oxygen atoms in total. The zero-order valence-electron chi connectivity index (χ0n) is 17.8. The summed E-state index contributed by atoms with van der Waals surface area (Å²) in [5.41, 5.74) is 1.84. The molecule has 1 amide bonds. The van der Waals surface area contributed by atoms with Crippen molar-refractivity contribution in [3.8, 4) is 0 Å². The fraction of sp³-hybridized carbons (Fsp3) is 0.435. The number of para-hydroxylation sites is 1. The molecule has 1 heterocycles. The molecule has 30 heavy (non-hydrogen) atoms. The van der Waals surface area contributed by atoms with E-state index in [1.54, 1.807) is 18.2 Å². The van der Waals surface area contributed by atoms with Crippen LogP contribution in [0.2, 0.25) is 0 Å². The first-order valence-electron chi connectivity index (χ1n) is 10.5. The van der Waals surface area contributed by atoms with Crippen LogP contribution in [0.5, 0.6) is 0 Å². The predicted octanol–water partition coefficient (Wildman–Crippen LogP) is 3.43. The van der Waals surface area contributed by atoms with E-state index < -0.39 is 10.0 Å². The average Bonchev–Trinajstić information content (AvgIpc) is 2.77. The number of nitrogens with one attached hydrogen (secondary N) is 1. The fourth-order valence-electron chi connectivity index (χ4n) is 3.79. The Morgan fingerprint density at radius 3 is 2.53 bits per heavy atom.